The van der Waals surface area contributed by atoms with Crippen molar-refractivity contribution >= 4 is 11.6 Å². The number of piperidine rings is 1. The van der Waals surface area contributed by atoms with Crippen molar-refractivity contribution in [2.24, 2.45) is 5.92 Å². The molecule has 1 aliphatic rings. The van der Waals surface area contributed by atoms with Crippen LogP contribution in [0.1, 0.15) is 29.5 Å². The van der Waals surface area contributed by atoms with Gasteiger partial charge in [0.15, 0.2) is 0 Å². The van der Waals surface area contributed by atoms with Gasteiger partial charge in [0.1, 0.15) is 5.75 Å². The highest BCUT2D eigenvalue weighted by Crippen LogP contribution is 2.24. The number of aryl methyl sites for hydroxylation is 1. The summed E-state index contributed by atoms with van der Waals surface area (Å²) in [4.78, 5) is 15.0. The fourth-order valence-electron chi connectivity index (χ4n) is 3.50. The number of nitrogens with zero attached hydrogens (tertiary/aromatic N) is 1. The molecule has 2 aromatic carbocycles. The van der Waals surface area contributed by atoms with Crippen LogP contribution in [0.25, 0.3) is 0 Å². The van der Waals surface area contributed by atoms with Gasteiger partial charge >= 0.3 is 0 Å². The van der Waals surface area contributed by atoms with E-state index in [9.17, 15) is 4.79 Å². The molecule has 0 saturated carbocycles. The van der Waals surface area contributed by atoms with Crippen LogP contribution in [0.15, 0.2) is 42.5 Å². The summed E-state index contributed by atoms with van der Waals surface area (Å²) in [6, 6.07) is 14.3. The van der Waals surface area contributed by atoms with Crippen molar-refractivity contribution in [1.29, 1.82) is 0 Å². The van der Waals surface area contributed by atoms with Crippen LogP contribution in [0.2, 0.25) is 0 Å². The number of hydrogen-bond donors (Lipinski definition) is 1. The molecule has 1 saturated heterocycles. The Bertz CT molecular complexity index is 764. The minimum absolute atomic E-state index is 0.0940. The summed E-state index contributed by atoms with van der Waals surface area (Å²) in [6.45, 7) is 6.93. The van der Waals surface area contributed by atoms with E-state index in [1.165, 1.54) is 11.1 Å². The monoisotopic (exact) mass is 352 g/mol. The second-order valence-electron chi connectivity index (χ2n) is 7.14. The number of nitrogens with one attached hydrogen (secondary N) is 1. The minimum Gasteiger partial charge on any atom is -0.497 e. The van der Waals surface area contributed by atoms with Crippen molar-refractivity contribution in [3.63, 3.8) is 0 Å². The number of carbonyl (C=O) groups excluding carboxylic acids is 1. The Morgan fingerprint density at radius 3 is 2.62 bits per heavy atom. The summed E-state index contributed by atoms with van der Waals surface area (Å²) >= 11 is 0. The maximum atomic E-state index is 12.6. The van der Waals surface area contributed by atoms with Gasteiger partial charge in [0.2, 0.25) is 5.91 Å². The Morgan fingerprint density at radius 1 is 1.15 bits per heavy atom. The van der Waals surface area contributed by atoms with Crippen molar-refractivity contribution in [3.8, 4) is 5.75 Å². The van der Waals surface area contributed by atoms with Gasteiger partial charge in [-0.15, -0.1) is 0 Å². The van der Waals surface area contributed by atoms with Gasteiger partial charge in [-0.2, -0.15) is 0 Å². The molecule has 4 nitrogen and oxygen atoms in total. The molecule has 1 aliphatic heterocycles. The molecule has 138 valence electrons. The van der Waals surface area contributed by atoms with Crippen LogP contribution >= 0.6 is 0 Å². The lowest BCUT2D eigenvalue weighted by atomic mass is 9.95. The molecular weight excluding hydrogens is 324 g/mol. The van der Waals surface area contributed by atoms with E-state index in [1.54, 1.807) is 7.11 Å². The standard InChI is InChI=1S/C22H28N2O2/c1-16-6-4-9-21(17(16)2)23-22(25)19-10-12-24(13-11-19)15-18-7-5-8-20(14-18)26-3/h4-9,14,19H,10-13,15H2,1-3H3,(H,23,25). The molecular formula is C22H28N2O2. The molecule has 3 rings (SSSR count). The molecule has 1 fully saturated rings. The molecule has 0 unspecified atom stereocenters. The topological polar surface area (TPSA) is 41.6 Å². The van der Waals surface area contributed by atoms with Gasteiger partial charge in [0.25, 0.3) is 0 Å². The molecule has 0 radical (unpaired) electrons. The van der Waals surface area contributed by atoms with Gasteiger partial charge < -0.3 is 10.1 Å². The summed E-state index contributed by atoms with van der Waals surface area (Å²) in [5.74, 6) is 1.14. The van der Waals surface area contributed by atoms with Crippen molar-refractivity contribution < 1.29 is 9.53 Å². The van der Waals surface area contributed by atoms with E-state index in [0.717, 1.165) is 49.5 Å². The van der Waals surface area contributed by atoms with Gasteiger partial charge in [-0.05, 0) is 74.7 Å². The van der Waals surface area contributed by atoms with E-state index in [-0.39, 0.29) is 11.8 Å². The van der Waals surface area contributed by atoms with E-state index < -0.39 is 0 Å². The molecule has 0 atom stereocenters. The Labute approximate surface area is 156 Å². The number of rotatable bonds is 5. The lowest BCUT2D eigenvalue weighted by Gasteiger charge is -2.31. The predicted molar refractivity (Wildman–Crippen MR) is 106 cm³/mol. The Kier molecular flexibility index (Phi) is 5.94. The van der Waals surface area contributed by atoms with E-state index in [1.807, 2.05) is 24.3 Å². The van der Waals surface area contributed by atoms with Crippen molar-refractivity contribution in [2.75, 3.05) is 25.5 Å². The normalized spacial score (nSPS) is 15.7. The average molecular weight is 352 g/mol. The Morgan fingerprint density at radius 2 is 1.88 bits per heavy atom. The third kappa shape index (κ3) is 4.44. The molecule has 0 aromatic heterocycles. The first kappa shape index (κ1) is 18.5. The van der Waals surface area contributed by atoms with Gasteiger partial charge in [-0.1, -0.05) is 24.3 Å². The number of likely N-dealkylation sites (tertiary alicyclic amines) is 1. The molecule has 1 N–H and O–H groups in total. The number of benzene rings is 2. The predicted octanol–water partition coefficient (Wildman–Crippen LogP) is 4.16. The molecule has 0 spiro atoms. The van der Waals surface area contributed by atoms with Crippen LogP contribution in [-0.4, -0.2) is 31.0 Å². The SMILES string of the molecule is COc1cccc(CN2CCC(C(=O)Nc3cccc(C)c3C)CC2)c1. The van der Waals surface area contributed by atoms with E-state index in [2.05, 4.69) is 42.3 Å². The first-order valence-corrected chi connectivity index (χ1v) is 9.29. The highest BCUT2D eigenvalue weighted by Gasteiger charge is 2.25. The zero-order valence-electron chi connectivity index (χ0n) is 15.9. The fraction of sp³-hybridized carbons (Fsp3) is 0.409. The van der Waals surface area contributed by atoms with Gasteiger partial charge in [0.05, 0.1) is 7.11 Å². The largest absolute Gasteiger partial charge is 0.497 e. The molecule has 1 heterocycles. The maximum Gasteiger partial charge on any atom is 0.227 e. The average Bonchev–Trinajstić information content (AvgIpc) is 2.66. The number of ether oxygens (including phenoxy) is 1. The number of hydrogen-bond acceptors (Lipinski definition) is 3. The number of carbonyl (C=O) groups is 1. The van der Waals surface area contributed by atoms with E-state index >= 15 is 0 Å². The summed E-state index contributed by atoms with van der Waals surface area (Å²) < 4.78 is 5.30. The Balaban J connectivity index is 1.53. The molecule has 26 heavy (non-hydrogen) atoms. The smallest absolute Gasteiger partial charge is 0.227 e. The van der Waals surface area contributed by atoms with Crippen molar-refractivity contribution in [1.82, 2.24) is 4.90 Å². The van der Waals surface area contributed by atoms with Crippen molar-refractivity contribution in [3.05, 3.63) is 59.2 Å². The number of anilines is 1. The molecule has 0 bridgehead atoms. The third-order valence-corrected chi connectivity index (χ3v) is 5.36. The summed E-state index contributed by atoms with van der Waals surface area (Å²) in [5, 5.41) is 3.13. The van der Waals surface area contributed by atoms with Crippen LogP contribution in [-0.2, 0) is 11.3 Å². The molecule has 2 aromatic rings. The first-order chi connectivity index (χ1) is 12.6. The Hall–Kier alpha value is -2.33. The van der Waals surface area contributed by atoms with E-state index in [0.29, 0.717) is 0 Å². The fourth-order valence-corrected chi connectivity index (χ4v) is 3.50. The molecule has 4 heteroatoms. The van der Waals surface area contributed by atoms with Gasteiger partial charge in [-0.25, -0.2) is 0 Å². The zero-order valence-corrected chi connectivity index (χ0v) is 15.9. The lowest BCUT2D eigenvalue weighted by Crippen LogP contribution is -2.37. The maximum absolute atomic E-state index is 12.6. The summed E-state index contributed by atoms with van der Waals surface area (Å²) in [6.07, 6.45) is 1.81. The zero-order chi connectivity index (χ0) is 18.5. The van der Waals surface area contributed by atoms with Crippen LogP contribution in [0.4, 0.5) is 5.69 Å². The third-order valence-electron chi connectivity index (χ3n) is 5.36. The van der Waals surface area contributed by atoms with Gasteiger partial charge in [-0.3, -0.25) is 9.69 Å². The number of amides is 1. The molecule has 0 aliphatic carbocycles. The van der Waals surface area contributed by atoms with Crippen molar-refractivity contribution in [2.45, 2.75) is 33.2 Å². The minimum atomic E-state index is 0.0940. The van der Waals surface area contributed by atoms with Crippen LogP contribution < -0.4 is 10.1 Å². The van der Waals surface area contributed by atoms with Crippen LogP contribution in [0, 0.1) is 19.8 Å². The van der Waals surface area contributed by atoms with E-state index in [4.69, 9.17) is 4.74 Å². The number of methoxy groups -OCH3 is 1. The molecule has 1 amide bonds. The summed E-state index contributed by atoms with van der Waals surface area (Å²) in [5.41, 5.74) is 4.55. The van der Waals surface area contributed by atoms with Crippen LogP contribution in [0.3, 0.4) is 0 Å². The summed E-state index contributed by atoms with van der Waals surface area (Å²) in [7, 11) is 1.69. The quantitative estimate of drug-likeness (QED) is 0.878. The first-order valence-electron chi connectivity index (χ1n) is 9.29. The van der Waals surface area contributed by atoms with Crippen LogP contribution in [0.5, 0.6) is 5.75 Å². The highest BCUT2D eigenvalue weighted by atomic mass is 16.5. The lowest BCUT2D eigenvalue weighted by molar-refractivity contribution is -0.121. The second kappa shape index (κ2) is 8.37. The highest BCUT2D eigenvalue weighted by molar-refractivity contribution is 5.93. The second-order valence-corrected chi connectivity index (χ2v) is 7.14. The van der Waals surface area contributed by atoms with Gasteiger partial charge in [0, 0.05) is 18.2 Å².